The number of hydrogen-bond acceptors (Lipinski definition) is 5. The lowest BCUT2D eigenvalue weighted by atomic mass is 9.73. The van der Waals surface area contributed by atoms with Gasteiger partial charge in [0.25, 0.3) is 0 Å². The molecule has 2 aromatic heterocycles. The van der Waals surface area contributed by atoms with Crippen LogP contribution in [0.4, 0.5) is 18.0 Å². The van der Waals surface area contributed by atoms with E-state index in [1.807, 2.05) is 27.7 Å². The Labute approximate surface area is 234 Å². The minimum absolute atomic E-state index is 0.236. The molecular weight excluding hydrogens is 541 g/mol. The van der Waals surface area contributed by atoms with Gasteiger partial charge in [-0.05, 0) is 57.4 Å². The Morgan fingerprint density at radius 2 is 1.98 bits per heavy atom. The molecule has 0 radical (unpaired) electrons. The molecule has 8 nitrogen and oxygen atoms in total. The highest BCUT2D eigenvalue weighted by Crippen LogP contribution is 2.41. The predicted molar refractivity (Wildman–Crippen MR) is 146 cm³/mol. The average molecular weight is 573 g/mol. The topological polar surface area (TPSA) is 91.6 Å². The second-order valence-electron chi connectivity index (χ2n) is 11.2. The predicted octanol–water partition coefficient (Wildman–Crippen LogP) is 5.46. The zero-order valence-corrected chi connectivity index (χ0v) is 23.4. The van der Waals surface area contributed by atoms with Crippen molar-refractivity contribution in [3.05, 3.63) is 70.5 Å². The Bertz CT molecular complexity index is 1470. The first-order chi connectivity index (χ1) is 18.8. The third-order valence-corrected chi connectivity index (χ3v) is 7.83. The molecule has 3 unspecified atom stereocenters. The molecule has 1 aliphatic heterocycles. The molecule has 1 aliphatic carbocycles. The standard InChI is InChI=1S/C28H31F3N6O2S/c1-16(23-14-37-26(34-23)40-15-32-37)33-24(38)21-9-8-19(17-6-5-7-18(12-17)28(29,30)31)20-10-11-36(13-22(20)21)25(39)35-27(2,3)4/h5-9,12,14-16,21-22H,10-11,13H2,1-4H3,(H,33,38)(H,35,39). The lowest BCUT2D eigenvalue weighted by Crippen LogP contribution is -2.53. The van der Waals surface area contributed by atoms with Crippen LogP contribution in [0.3, 0.4) is 0 Å². The summed E-state index contributed by atoms with van der Waals surface area (Å²) in [5.41, 5.74) is 3.17. The SMILES string of the molecule is CC(NC(=O)C1C=CC(c2cccc(C(F)(F)F)c2)=C2CCN(C(=O)NC(C)(C)C)CC21)c1cn2ncsc2n1. The fraction of sp³-hybridized carbons (Fsp3) is 0.429. The minimum atomic E-state index is -4.47. The van der Waals surface area contributed by atoms with E-state index in [0.29, 0.717) is 29.8 Å². The number of likely N-dealkylation sites (tertiary alicyclic amines) is 1. The van der Waals surface area contributed by atoms with Crippen LogP contribution in [0.5, 0.6) is 0 Å². The number of carbonyl (C=O) groups is 2. The third-order valence-electron chi connectivity index (χ3n) is 7.15. The maximum atomic E-state index is 13.6. The molecule has 212 valence electrons. The molecule has 0 bridgehead atoms. The van der Waals surface area contributed by atoms with E-state index in [1.165, 1.54) is 17.4 Å². The number of nitrogens with one attached hydrogen (secondary N) is 2. The zero-order chi connectivity index (χ0) is 28.8. The van der Waals surface area contributed by atoms with E-state index in [9.17, 15) is 22.8 Å². The maximum absolute atomic E-state index is 13.6. The Kier molecular flexibility index (Phi) is 7.24. The van der Waals surface area contributed by atoms with E-state index >= 15 is 0 Å². The number of carbonyl (C=O) groups excluding carboxylic acids is 2. The van der Waals surface area contributed by atoms with Gasteiger partial charge >= 0.3 is 12.2 Å². The van der Waals surface area contributed by atoms with Gasteiger partial charge in [-0.25, -0.2) is 14.3 Å². The van der Waals surface area contributed by atoms with Gasteiger partial charge in [0.05, 0.1) is 29.4 Å². The maximum Gasteiger partial charge on any atom is 0.416 e. The third kappa shape index (κ3) is 5.77. The molecule has 1 aromatic carbocycles. The van der Waals surface area contributed by atoms with Crippen molar-refractivity contribution >= 4 is 33.8 Å². The molecule has 3 aromatic rings. The van der Waals surface area contributed by atoms with Crippen LogP contribution in [-0.4, -0.2) is 50.1 Å². The van der Waals surface area contributed by atoms with Crippen LogP contribution in [0.2, 0.25) is 0 Å². The smallest absolute Gasteiger partial charge is 0.347 e. The van der Waals surface area contributed by atoms with Gasteiger partial charge in [-0.1, -0.05) is 41.2 Å². The zero-order valence-electron chi connectivity index (χ0n) is 22.6. The molecule has 40 heavy (non-hydrogen) atoms. The Balaban J connectivity index is 1.44. The summed E-state index contributed by atoms with van der Waals surface area (Å²) in [4.78, 5) is 33.6. The molecule has 3 atom stereocenters. The number of alkyl halides is 3. The number of halogens is 3. The molecule has 12 heteroatoms. The van der Waals surface area contributed by atoms with Crippen molar-refractivity contribution in [3.63, 3.8) is 0 Å². The number of benzene rings is 1. The van der Waals surface area contributed by atoms with E-state index in [1.54, 1.807) is 39.3 Å². The first-order valence-corrected chi connectivity index (χ1v) is 13.9. The van der Waals surface area contributed by atoms with E-state index in [-0.39, 0.29) is 18.5 Å². The Morgan fingerprint density at radius 1 is 1.20 bits per heavy atom. The van der Waals surface area contributed by atoms with Gasteiger partial charge in [-0.3, -0.25) is 4.79 Å². The van der Waals surface area contributed by atoms with Gasteiger partial charge in [-0.2, -0.15) is 18.3 Å². The van der Waals surface area contributed by atoms with Gasteiger partial charge < -0.3 is 15.5 Å². The quantitative estimate of drug-likeness (QED) is 0.435. The highest BCUT2D eigenvalue weighted by Gasteiger charge is 2.40. The normalized spacial score (nSPS) is 20.4. The van der Waals surface area contributed by atoms with Crippen LogP contribution in [0.25, 0.3) is 10.5 Å². The number of fused-ring (bicyclic) bond motifs is 2. The molecule has 3 heterocycles. The van der Waals surface area contributed by atoms with Crippen LogP contribution in [-0.2, 0) is 11.0 Å². The highest BCUT2D eigenvalue weighted by molar-refractivity contribution is 7.14. The minimum Gasteiger partial charge on any atom is -0.347 e. The van der Waals surface area contributed by atoms with Crippen molar-refractivity contribution in [1.29, 1.82) is 0 Å². The van der Waals surface area contributed by atoms with E-state index in [2.05, 4.69) is 20.7 Å². The average Bonchev–Trinajstić information content (AvgIpc) is 3.49. The number of allylic oxidation sites excluding steroid dienone is 2. The lowest BCUT2D eigenvalue weighted by molar-refractivity contribution is -0.137. The van der Waals surface area contributed by atoms with Gasteiger partial charge in [0, 0.05) is 24.5 Å². The fourth-order valence-electron chi connectivity index (χ4n) is 5.23. The van der Waals surface area contributed by atoms with Crippen LogP contribution in [0, 0.1) is 11.8 Å². The highest BCUT2D eigenvalue weighted by atomic mass is 32.1. The largest absolute Gasteiger partial charge is 0.416 e. The first-order valence-electron chi connectivity index (χ1n) is 13.1. The summed E-state index contributed by atoms with van der Waals surface area (Å²) >= 11 is 1.39. The summed E-state index contributed by atoms with van der Waals surface area (Å²) in [7, 11) is 0. The molecule has 2 aliphatic rings. The number of piperidine rings is 1. The summed E-state index contributed by atoms with van der Waals surface area (Å²) in [6.07, 6.45) is 1.23. The van der Waals surface area contributed by atoms with E-state index in [4.69, 9.17) is 0 Å². The van der Waals surface area contributed by atoms with E-state index in [0.717, 1.165) is 22.7 Å². The lowest BCUT2D eigenvalue weighted by Gasteiger charge is -2.41. The van der Waals surface area contributed by atoms with E-state index < -0.39 is 35.2 Å². The van der Waals surface area contributed by atoms with Crippen molar-refractivity contribution in [1.82, 2.24) is 30.1 Å². The van der Waals surface area contributed by atoms with Crippen molar-refractivity contribution < 1.29 is 22.8 Å². The van der Waals surface area contributed by atoms with Crippen LogP contribution < -0.4 is 10.6 Å². The molecule has 5 rings (SSSR count). The van der Waals surface area contributed by atoms with Crippen molar-refractivity contribution in [3.8, 4) is 0 Å². The fourth-order valence-corrected chi connectivity index (χ4v) is 5.84. The number of amides is 3. The number of nitrogens with zero attached hydrogens (tertiary/aromatic N) is 4. The van der Waals surface area contributed by atoms with Crippen molar-refractivity contribution in [2.45, 2.75) is 51.9 Å². The summed E-state index contributed by atoms with van der Waals surface area (Å²) in [6, 6.07) is 4.61. The molecule has 0 saturated carbocycles. The number of urea groups is 1. The summed E-state index contributed by atoms with van der Waals surface area (Å²) in [6.45, 7) is 8.17. The monoisotopic (exact) mass is 572 g/mol. The van der Waals surface area contributed by atoms with Crippen LogP contribution >= 0.6 is 11.3 Å². The molecule has 0 spiro atoms. The molecule has 1 saturated heterocycles. The molecule has 1 fully saturated rings. The molecular formula is C28H31F3N6O2S. The Morgan fingerprint density at radius 3 is 2.67 bits per heavy atom. The van der Waals surface area contributed by atoms with Crippen LogP contribution in [0.1, 0.15) is 57.0 Å². The summed E-state index contributed by atoms with van der Waals surface area (Å²) in [5, 5.41) is 10.2. The Hall–Kier alpha value is -3.67. The molecule has 2 N–H and O–H groups in total. The second-order valence-corrected chi connectivity index (χ2v) is 12.1. The van der Waals surface area contributed by atoms with Crippen molar-refractivity contribution in [2.75, 3.05) is 13.1 Å². The van der Waals surface area contributed by atoms with Gasteiger partial charge in [0.15, 0.2) is 0 Å². The van der Waals surface area contributed by atoms with Gasteiger partial charge in [0.2, 0.25) is 10.9 Å². The summed E-state index contributed by atoms with van der Waals surface area (Å²) < 4.78 is 42.1. The second kappa shape index (κ2) is 10.4. The number of rotatable bonds is 4. The van der Waals surface area contributed by atoms with Crippen LogP contribution in [0.15, 0.2) is 53.7 Å². The first kappa shape index (κ1) is 27.9. The number of hydrogen-bond donors (Lipinski definition) is 2. The number of imidazole rings is 1. The number of aromatic nitrogens is 3. The summed E-state index contributed by atoms with van der Waals surface area (Å²) in [5.74, 6) is -1.25. The van der Waals surface area contributed by atoms with Gasteiger partial charge in [0.1, 0.15) is 5.51 Å². The molecule has 3 amide bonds. The van der Waals surface area contributed by atoms with Gasteiger partial charge in [-0.15, -0.1) is 0 Å². The van der Waals surface area contributed by atoms with Crippen molar-refractivity contribution in [2.24, 2.45) is 11.8 Å².